The first-order valence-electron chi connectivity index (χ1n) is 7.43. The Morgan fingerprint density at radius 2 is 2.00 bits per heavy atom. The average molecular weight is 306 g/mol. The van der Waals surface area contributed by atoms with Crippen LogP contribution in [0.25, 0.3) is 0 Å². The smallest absolute Gasteiger partial charge is 0.251 e. The van der Waals surface area contributed by atoms with Crippen molar-refractivity contribution in [2.45, 2.75) is 19.3 Å². The zero-order chi connectivity index (χ0) is 15.9. The summed E-state index contributed by atoms with van der Waals surface area (Å²) in [5.41, 5.74) is 0.502. The minimum atomic E-state index is -0.189. The molecule has 1 aromatic carbocycles. The maximum absolute atomic E-state index is 12.1. The molecule has 0 saturated carbocycles. The van der Waals surface area contributed by atoms with Gasteiger partial charge >= 0.3 is 0 Å². The molecule has 1 aliphatic rings. The molecule has 1 N–H and O–H groups in total. The fourth-order valence-electron chi connectivity index (χ4n) is 2.48. The van der Waals surface area contributed by atoms with Crippen LogP contribution in [-0.4, -0.2) is 50.6 Å². The molecule has 0 spiro atoms. The summed E-state index contributed by atoms with van der Waals surface area (Å²) < 4.78 is 10.3. The van der Waals surface area contributed by atoms with Crippen LogP contribution in [0.5, 0.6) is 11.5 Å². The van der Waals surface area contributed by atoms with E-state index >= 15 is 0 Å². The van der Waals surface area contributed by atoms with E-state index in [2.05, 4.69) is 5.32 Å². The second kappa shape index (κ2) is 7.68. The van der Waals surface area contributed by atoms with E-state index in [0.717, 1.165) is 19.4 Å². The van der Waals surface area contributed by atoms with Crippen molar-refractivity contribution in [2.75, 3.05) is 33.9 Å². The molecule has 0 atom stereocenters. The van der Waals surface area contributed by atoms with Crippen molar-refractivity contribution < 1.29 is 19.1 Å². The molecule has 0 radical (unpaired) electrons. The number of hydrogen-bond donors (Lipinski definition) is 1. The first kappa shape index (κ1) is 16.1. The van der Waals surface area contributed by atoms with Gasteiger partial charge in [0.1, 0.15) is 0 Å². The number of carbonyl (C=O) groups excluding carboxylic acids is 2. The number of rotatable bonds is 6. The summed E-state index contributed by atoms with van der Waals surface area (Å²) in [6, 6.07) is 5.02. The molecule has 1 fully saturated rings. The van der Waals surface area contributed by atoms with Crippen LogP contribution >= 0.6 is 0 Å². The lowest BCUT2D eigenvalue weighted by Crippen LogP contribution is -2.41. The van der Waals surface area contributed by atoms with E-state index in [4.69, 9.17) is 9.47 Å². The van der Waals surface area contributed by atoms with Gasteiger partial charge in [0.15, 0.2) is 11.5 Å². The Labute approximate surface area is 130 Å². The van der Waals surface area contributed by atoms with E-state index in [1.807, 2.05) is 0 Å². The standard InChI is InChI=1S/C16H22N2O4/c1-21-13-7-6-12(11-14(13)22-2)16(20)17-8-10-18-9-4-3-5-15(18)19/h6-7,11H,3-5,8-10H2,1-2H3,(H,17,20). The van der Waals surface area contributed by atoms with Gasteiger partial charge in [0.25, 0.3) is 5.91 Å². The molecule has 0 aromatic heterocycles. The number of nitrogens with zero attached hydrogens (tertiary/aromatic N) is 1. The molecule has 1 heterocycles. The van der Waals surface area contributed by atoms with Crippen molar-refractivity contribution in [3.8, 4) is 11.5 Å². The molecule has 6 heteroatoms. The second-order valence-electron chi connectivity index (χ2n) is 5.16. The molecule has 120 valence electrons. The third kappa shape index (κ3) is 3.90. The van der Waals surface area contributed by atoms with Gasteiger partial charge in [-0.3, -0.25) is 9.59 Å². The summed E-state index contributed by atoms with van der Waals surface area (Å²) in [6.07, 6.45) is 2.62. The number of benzene rings is 1. The predicted octanol–water partition coefficient (Wildman–Crippen LogP) is 1.45. The summed E-state index contributed by atoms with van der Waals surface area (Å²) in [5, 5.41) is 2.83. The van der Waals surface area contributed by atoms with Crippen molar-refractivity contribution in [1.29, 1.82) is 0 Å². The van der Waals surface area contributed by atoms with Gasteiger partial charge in [-0.05, 0) is 31.0 Å². The Kier molecular flexibility index (Phi) is 5.63. The molecule has 0 bridgehead atoms. The Balaban J connectivity index is 1.88. The third-order valence-electron chi connectivity index (χ3n) is 3.73. The molecular weight excluding hydrogens is 284 g/mol. The van der Waals surface area contributed by atoms with Gasteiger partial charge in [0.2, 0.25) is 5.91 Å². The van der Waals surface area contributed by atoms with Gasteiger partial charge in [0.05, 0.1) is 14.2 Å². The van der Waals surface area contributed by atoms with Gasteiger partial charge in [-0.2, -0.15) is 0 Å². The van der Waals surface area contributed by atoms with E-state index < -0.39 is 0 Å². The number of carbonyl (C=O) groups is 2. The Bertz CT molecular complexity index is 545. The number of piperidine rings is 1. The van der Waals surface area contributed by atoms with Crippen LogP contribution in [0.1, 0.15) is 29.6 Å². The van der Waals surface area contributed by atoms with Crippen molar-refractivity contribution >= 4 is 11.8 Å². The summed E-state index contributed by atoms with van der Waals surface area (Å²) in [4.78, 5) is 25.6. The average Bonchev–Trinajstić information content (AvgIpc) is 2.55. The first-order valence-corrected chi connectivity index (χ1v) is 7.43. The Morgan fingerprint density at radius 3 is 2.68 bits per heavy atom. The van der Waals surface area contributed by atoms with Crippen molar-refractivity contribution in [2.24, 2.45) is 0 Å². The molecule has 1 aromatic rings. The van der Waals surface area contributed by atoms with E-state index in [1.165, 1.54) is 7.11 Å². The fraction of sp³-hybridized carbons (Fsp3) is 0.500. The van der Waals surface area contributed by atoms with Gasteiger partial charge in [-0.25, -0.2) is 0 Å². The minimum Gasteiger partial charge on any atom is -0.493 e. The molecule has 22 heavy (non-hydrogen) atoms. The van der Waals surface area contributed by atoms with Crippen LogP contribution in [0.2, 0.25) is 0 Å². The summed E-state index contributed by atoms with van der Waals surface area (Å²) >= 11 is 0. The lowest BCUT2D eigenvalue weighted by atomic mass is 10.1. The van der Waals surface area contributed by atoms with Crippen molar-refractivity contribution in [3.63, 3.8) is 0 Å². The first-order chi connectivity index (χ1) is 10.7. The highest BCUT2D eigenvalue weighted by atomic mass is 16.5. The number of likely N-dealkylation sites (tertiary alicyclic amines) is 1. The van der Waals surface area contributed by atoms with E-state index in [9.17, 15) is 9.59 Å². The molecule has 1 aliphatic heterocycles. The van der Waals surface area contributed by atoms with E-state index in [-0.39, 0.29) is 11.8 Å². The van der Waals surface area contributed by atoms with Crippen LogP contribution < -0.4 is 14.8 Å². The van der Waals surface area contributed by atoms with Crippen LogP contribution in [0, 0.1) is 0 Å². The fourth-order valence-corrected chi connectivity index (χ4v) is 2.48. The largest absolute Gasteiger partial charge is 0.493 e. The maximum Gasteiger partial charge on any atom is 0.251 e. The zero-order valence-electron chi connectivity index (χ0n) is 13.1. The molecule has 6 nitrogen and oxygen atoms in total. The van der Waals surface area contributed by atoms with Crippen molar-refractivity contribution in [3.05, 3.63) is 23.8 Å². The normalized spacial score (nSPS) is 14.6. The minimum absolute atomic E-state index is 0.173. The number of methoxy groups -OCH3 is 2. The monoisotopic (exact) mass is 306 g/mol. The zero-order valence-corrected chi connectivity index (χ0v) is 13.1. The number of ether oxygens (including phenoxy) is 2. The van der Waals surface area contributed by atoms with Gasteiger partial charge in [0, 0.05) is 31.6 Å². The van der Waals surface area contributed by atoms with E-state index in [1.54, 1.807) is 30.2 Å². The lowest BCUT2D eigenvalue weighted by molar-refractivity contribution is -0.133. The van der Waals surface area contributed by atoms with Gasteiger partial charge in [-0.15, -0.1) is 0 Å². The highest BCUT2D eigenvalue weighted by Crippen LogP contribution is 2.27. The van der Waals surface area contributed by atoms with Crippen LogP contribution in [0.3, 0.4) is 0 Å². The Hall–Kier alpha value is -2.24. The summed E-state index contributed by atoms with van der Waals surface area (Å²) in [7, 11) is 3.08. The lowest BCUT2D eigenvalue weighted by Gasteiger charge is -2.26. The quantitative estimate of drug-likeness (QED) is 0.863. The molecule has 0 unspecified atom stereocenters. The SMILES string of the molecule is COc1ccc(C(=O)NCCN2CCCCC2=O)cc1OC. The second-order valence-corrected chi connectivity index (χ2v) is 5.16. The maximum atomic E-state index is 12.1. The van der Waals surface area contributed by atoms with Crippen LogP contribution in [-0.2, 0) is 4.79 Å². The van der Waals surface area contributed by atoms with E-state index in [0.29, 0.717) is 36.6 Å². The molecule has 2 amide bonds. The number of amides is 2. The Morgan fingerprint density at radius 1 is 1.23 bits per heavy atom. The molecule has 1 saturated heterocycles. The third-order valence-corrected chi connectivity index (χ3v) is 3.73. The molecular formula is C16H22N2O4. The van der Waals surface area contributed by atoms with Gasteiger partial charge in [-0.1, -0.05) is 0 Å². The molecule has 2 rings (SSSR count). The van der Waals surface area contributed by atoms with Crippen LogP contribution in [0.4, 0.5) is 0 Å². The summed E-state index contributed by atoms with van der Waals surface area (Å²) in [6.45, 7) is 1.78. The topological polar surface area (TPSA) is 67.9 Å². The van der Waals surface area contributed by atoms with Crippen molar-refractivity contribution in [1.82, 2.24) is 10.2 Å². The molecule has 0 aliphatic carbocycles. The van der Waals surface area contributed by atoms with Gasteiger partial charge < -0.3 is 19.7 Å². The number of hydrogen-bond acceptors (Lipinski definition) is 4. The highest BCUT2D eigenvalue weighted by Gasteiger charge is 2.17. The number of nitrogens with one attached hydrogen (secondary N) is 1. The highest BCUT2D eigenvalue weighted by molar-refractivity contribution is 5.94. The summed E-state index contributed by atoms with van der Waals surface area (Å²) in [5.74, 6) is 1.08. The predicted molar refractivity (Wildman–Crippen MR) is 82.3 cm³/mol. The van der Waals surface area contributed by atoms with Crippen LogP contribution in [0.15, 0.2) is 18.2 Å².